The number of halogens is 1. The Morgan fingerprint density at radius 1 is 1.16 bits per heavy atom. The lowest BCUT2D eigenvalue weighted by molar-refractivity contribution is 0.339. The van der Waals surface area contributed by atoms with Crippen molar-refractivity contribution in [2.24, 2.45) is 5.92 Å². The summed E-state index contributed by atoms with van der Waals surface area (Å²) < 4.78 is 2.18. The zero-order chi connectivity index (χ0) is 21.2. The summed E-state index contributed by atoms with van der Waals surface area (Å²) in [5.41, 5.74) is 7.59. The molecular formula is C26H29ClN4. The van der Waals surface area contributed by atoms with Gasteiger partial charge in [0.2, 0.25) is 0 Å². The molecular weight excluding hydrogens is 404 g/mol. The molecule has 2 aromatic heterocycles. The van der Waals surface area contributed by atoms with Crippen LogP contribution in [0.4, 0.5) is 0 Å². The van der Waals surface area contributed by atoms with Crippen molar-refractivity contribution in [3.05, 3.63) is 82.2 Å². The Labute approximate surface area is 189 Å². The van der Waals surface area contributed by atoms with E-state index < -0.39 is 0 Å². The van der Waals surface area contributed by atoms with Crippen molar-refractivity contribution >= 4 is 23.3 Å². The second kappa shape index (κ2) is 8.97. The number of aromatic nitrogens is 3. The third kappa shape index (κ3) is 4.32. The summed E-state index contributed by atoms with van der Waals surface area (Å²) >= 11 is 6.51. The van der Waals surface area contributed by atoms with Crippen molar-refractivity contribution in [1.29, 1.82) is 0 Å². The van der Waals surface area contributed by atoms with E-state index in [9.17, 15) is 0 Å². The van der Waals surface area contributed by atoms with E-state index in [1.165, 1.54) is 40.8 Å². The highest BCUT2D eigenvalue weighted by Gasteiger charge is 2.32. The van der Waals surface area contributed by atoms with Crippen LogP contribution in [0.25, 0.3) is 11.6 Å². The number of pyridine rings is 1. The van der Waals surface area contributed by atoms with Gasteiger partial charge in [0.1, 0.15) is 0 Å². The Balaban J connectivity index is 1.53. The zero-order valence-electron chi connectivity index (χ0n) is 18.0. The lowest BCUT2D eigenvalue weighted by atomic mass is 9.76. The third-order valence-corrected chi connectivity index (χ3v) is 6.91. The first kappa shape index (κ1) is 20.5. The average Bonchev–Trinajstić information content (AvgIpc) is 3.15. The Bertz CT molecular complexity index is 1090. The zero-order valence-corrected chi connectivity index (χ0v) is 18.8. The molecule has 0 saturated carbocycles. The largest absolute Gasteiger partial charge is 0.337 e. The molecule has 1 aliphatic heterocycles. The maximum absolute atomic E-state index is 6.51. The molecule has 0 radical (unpaired) electrons. The van der Waals surface area contributed by atoms with E-state index in [-0.39, 0.29) is 0 Å². The summed E-state index contributed by atoms with van der Waals surface area (Å²) in [5.74, 6) is 0.909. The molecule has 1 aromatic carbocycles. The minimum Gasteiger partial charge on any atom is -0.337 e. The Morgan fingerprint density at radius 3 is 2.84 bits per heavy atom. The average molecular weight is 433 g/mol. The standard InChI is InChI=1S/C26H29ClN4/c1-18-16-31(17-30-18)13-3-5-20-14-21-4-2-10-29-26(21)25(19-8-11-28-12-9-19)23-7-6-22(27)15-24(20)23/h2,4,6-7,10,14-17,19,25,28H,3,5,8-9,11-13H2,1H3. The number of aryl methyl sites for hydroxylation is 2. The fraction of sp³-hybridized carbons (Fsp3) is 0.385. The molecule has 1 aliphatic carbocycles. The fourth-order valence-corrected chi connectivity index (χ4v) is 5.38. The van der Waals surface area contributed by atoms with Crippen LogP contribution in [0.2, 0.25) is 5.02 Å². The first-order valence-corrected chi connectivity index (χ1v) is 11.7. The molecule has 0 amide bonds. The number of hydrogen-bond donors (Lipinski definition) is 1. The van der Waals surface area contributed by atoms with Crippen LogP contribution in [0.3, 0.4) is 0 Å². The van der Waals surface area contributed by atoms with Crippen molar-refractivity contribution in [2.75, 3.05) is 13.1 Å². The number of piperidine rings is 1. The Morgan fingerprint density at radius 2 is 2.03 bits per heavy atom. The van der Waals surface area contributed by atoms with E-state index in [1.54, 1.807) is 0 Å². The molecule has 0 spiro atoms. The maximum Gasteiger partial charge on any atom is 0.0949 e. The number of rotatable bonds is 5. The molecule has 1 atom stereocenters. The number of nitrogens with one attached hydrogen (secondary N) is 1. The summed E-state index contributed by atoms with van der Waals surface area (Å²) in [4.78, 5) is 9.27. The van der Waals surface area contributed by atoms with E-state index in [0.717, 1.165) is 43.2 Å². The van der Waals surface area contributed by atoms with Crippen LogP contribution < -0.4 is 5.32 Å². The molecule has 3 heterocycles. The number of nitrogens with zero attached hydrogens (tertiary/aromatic N) is 3. The van der Waals surface area contributed by atoms with Crippen LogP contribution >= 0.6 is 11.6 Å². The number of imidazole rings is 1. The number of allylic oxidation sites excluding steroid dienone is 1. The molecule has 31 heavy (non-hydrogen) atoms. The van der Waals surface area contributed by atoms with Crippen LogP contribution in [0.15, 0.2) is 49.1 Å². The topological polar surface area (TPSA) is 42.7 Å². The highest BCUT2D eigenvalue weighted by Crippen LogP contribution is 2.45. The SMILES string of the molecule is Cc1cn(CCCC2=Cc3cccnc3C(C3CCNCC3)c3ccc(Cl)cc32)cn1. The van der Waals surface area contributed by atoms with Gasteiger partial charge in [-0.2, -0.15) is 0 Å². The van der Waals surface area contributed by atoms with Crippen LogP contribution in [0.5, 0.6) is 0 Å². The molecule has 1 fully saturated rings. The van der Waals surface area contributed by atoms with Gasteiger partial charge in [0.05, 0.1) is 17.7 Å². The third-order valence-electron chi connectivity index (χ3n) is 6.67. The van der Waals surface area contributed by atoms with Crippen LogP contribution in [0, 0.1) is 12.8 Å². The maximum atomic E-state index is 6.51. The first-order chi connectivity index (χ1) is 15.2. The van der Waals surface area contributed by atoms with E-state index in [2.05, 4.69) is 51.4 Å². The van der Waals surface area contributed by atoms with Gasteiger partial charge in [-0.1, -0.05) is 23.7 Å². The summed E-state index contributed by atoms with van der Waals surface area (Å²) in [7, 11) is 0. The number of benzene rings is 1. The molecule has 5 heteroatoms. The van der Waals surface area contributed by atoms with Crippen molar-refractivity contribution in [1.82, 2.24) is 19.9 Å². The molecule has 5 rings (SSSR count). The van der Waals surface area contributed by atoms with E-state index >= 15 is 0 Å². The molecule has 3 aromatic rings. The van der Waals surface area contributed by atoms with Gasteiger partial charge in [-0.15, -0.1) is 0 Å². The predicted octanol–water partition coefficient (Wildman–Crippen LogP) is 5.71. The summed E-state index contributed by atoms with van der Waals surface area (Å²) in [5, 5.41) is 4.32. The van der Waals surface area contributed by atoms with Gasteiger partial charge < -0.3 is 9.88 Å². The Hall–Kier alpha value is -2.43. The van der Waals surface area contributed by atoms with E-state index in [0.29, 0.717) is 11.8 Å². The number of hydrogen-bond acceptors (Lipinski definition) is 3. The highest BCUT2D eigenvalue weighted by molar-refractivity contribution is 6.30. The van der Waals surface area contributed by atoms with Gasteiger partial charge in [-0.3, -0.25) is 4.98 Å². The predicted molar refractivity (Wildman–Crippen MR) is 127 cm³/mol. The van der Waals surface area contributed by atoms with Gasteiger partial charge in [0, 0.05) is 29.9 Å². The van der Waals surface area contributed by atoms with Crippen molar-refractivity contribution in [2.45, 2.75) is 45.1 Å². The molecule has 4 nitrogen and oxygen atoms in total. The summed E-state index contributed by atoms with van der Waals surface area (Å²) in [6.07, 6.45) is 12.8. The quantitative estimate of drug-likeness (QED) is 0.561. The van der Waals surface area contributed by atoms with E-state index in [4.69, 9.17) is 16.6 Å². The normalized spacial score (nSPS) is 18.8. The molecule has 160 valence electrons. The lowest BCUT2D eigenvalue weighted by Crippen LogP contribution is -2.32. The fourth-order valence-electron chi connectivity index (χ4n) is 5.21. The first-order valence-electron chi connectivity index (χ1n) is 11.3. The van der Waals surface area contributed by atoms with Crippen LogP contribution in [-0.2, 0) is 6.54 Å². The van der Waals surface area contributed by atoms with Crippen molar-refractivity contribution in [3.63, 3.8) is 0 Å². The Kier molecular flexibility index (Phi) is 5.93. The number of fused-ring (bicyclic) bond motifs is 2. The van der Waals surface area contributed by atoms with Crippen LogP contribution in [-0.4, -0.2) is 27.6 Å². The molecule has 0 bridgehead atoms. The lowest BCUT2D eigenvalue weighted by Gasteiger charge is -2.32. The molecule has 1 N–H and O–H groups in total. The summed E-state index contributed by atoms with van der Waals surface area (Å²) in [6.45, 7) is 5.16. The van der Waals surface area contributed by atoms with Gasteiger partial charge in [0.15, 0.2) is 0 Å². The van der Waals surface area contributed by atoms with Gasteiger partial charge in [-0.25, -0.2) is 4.98 Å². The van der Waals surface area contributed by atoms with E-state index in [1.807, 2.05) is 25.5 Å². The minimum absolute atomic E-state index is 0.315. The molecule has 2 aliphatic rings. The summed E-state index contributed by atoms with van der Waals surface area (Å²) in [6, 6.07) is 10.8. The van der Waals surface area contributed by atoms with Crippen molar-refractivity contribution in [3.8, 4) is 0 Å². The molecule has 1 unspecified atom stereocenters. The van der Waals surface area contributed by atoms with Crippen LogP contribution in [0.1, 0.15) is 59.7 Å². The van der Waals surface area contributed by atoms with Crippen molar-refractivity contribution < 1.29 is 0 Å². The minimum atomic E-state index is 0.315. The smallest absolute Gasteiger partial charge is 0.0949 e. The van der Waals surface area contributed by atoms with Gasteiger partial charge in [0.25, 0.3) is 0 Å². The van der Waals surface area contributed by atoms with Gasteiger partial charge in [-0.05, 0) is 98.2 Å². The van der Waals surface area contributed by atoms with Gasteiger partial charge >= 0.3 is 0 Å². The highest BCUT2D eigenvalue weighted by atomic mass is 35.5. The molecule has 1 saturated heterocycles. The second-order valence-electron chi connectivity index (χ2n) is 8.80. The monoisotopic (exact) mass is 432 g/mol. The second-order valence-corrected chi connectivity index (χ2v) is 9.24.